The highest BCUT2D eigenvalue weighted by Gasteiger charge is 2.29. The molecule has 0 saturated carbocycles. The van der Waals surface area contributed by atoms with E-state index in [0.717, 1.165) is 44.8 Å². The molecule has 1 aliphatic rings. The van der Waals surface area contributed by atoms with Crippen LogP contribution in [0.1, 0.15) is 18.9 Å². The summed E-state index contributed by atoms with van der Waals surface area (Å²) >= 11 is 0. The molecule has 2 aromatic carbocycles. The van der Waals surface area contributed by atoms with E-state index in [4.69, 9.17) is 4.74 Å². The Balaban J connectivity index is 1.86. The number of morpholine rings is 1. The highest BCUT2D eigenvalue weighted by Crippen LogP contribution is 2.33. The zero-order valence-corrected chi connectivity index (χ0v) is 13.1. The third-order valence-electron chi connectivity index (χ3n) is 4.66. The third-order valence-corrected chi connectivity index (χ3v) is 4.66. The van der Waals surface area contributed by atoms with Crippen molar-refractivity contribution < 1.29 is 4.74 Å². The lowest BCUT2D eigenvalue weighted by Gasteiger charge is -2.30. The molecule has 0 bridgehead atoms. The van der Waals surface area contributed by atoms with E-state index in [0.29, 0.717) is 0 Å². The fourth-order valence-electron chi connectivity index (χ4n) is 3.16. The van der Waals surface area contributed by atoms with E-state index in [1.165, 1.54) is 10.8 Å². The van der Waals surface area contributed by atoms with Gasteiger partial charge in [-0.3, -0.25) is 4.90 Å². The zero-order valence-electron chi connectivity index (χ0n) is 13.1. The van der Waals surface area contributed by atoms with Crippen LogP contribution in [0.4, 0.5) is 0 Å². The maximum Gasteiger partial charge on any atom is 0.0812 e. The monoisotopic (exact) mass is 294 g/mol. The number of hydrogen-bond donors (Lipinski definition) is 0. The summed E-state index contributed by atoms with van der Waals surface area (Å²) in [5.74, 6) is 0. The molecule has 0 spiro atoms. The van der Waals surface area contributed by atoms with Gasteiger partial charge in [0.05, 0.1) is 24.7 Å². The molecule has 22 heavy (non-hydrogen) atoms. The van der Waals surface area contributed by atoms with Gasteiger partial charge in [0.15, 0.2) is 0 Å². The van der Waals surface area contributed by atoms with Crippen LogP contribution in [0.5, 0.6) is 0 Å². The lowest BCUT2D eigenvalue weighted by atomic mass is 9.78. The van der Waals surface area contributed by atoms with Crippen molar-refractivity contribution in [1.82, 2.24) is 4.90 Å². The quantitative estimate of drug-likeness (QED) is 0.867. The van der Waals surface area contributed by atoms with Gasteiger partial charge >= 0.3 is 0 Å². The minimum absolute atomic E-state index is 0.459. The Morgan fingerprint density at radius 3 is 2.64 bits per heavy atom. The summed E-state index contributed by atoms with van der Waals surface area (Å²) in [4.78, 5) is 2.39. The van der Waals surface area contributed by atoms with E-state index in [-0.39, 0.29) is 0 Å². The fraction of sp³-hybridized carbons (Fsp3) is 0.421. The minimum Gasteiger partial charge on any atom is -0.379 e. The van der Waals surface area contributed by atoms with Gasteiger partial charge in [0.25, 0.3) is 0 Å². The standard InChI is InChI=1S/C19H22N2O/c1-19(15-20,9-10-21-11-13-22-14-12-21)18-8-4-6-16-5-2-3-7-17(16)18/h2-8H,9-14H2,1H3/t19-/m0/s1. The highest BCUT2D eigenvalue weighted by atomic mass is 16.5. The van der Waals surface area contributed by atoms with Crippen molar-refractivity contribution in [3.63, 3.8) is 0 Å². The van der Waals surface area contributed by atoms with Gasteiger partial charge in [0, 0.05) is 19.6 Å². The summed E-state index contributed by atoms with van der Waals surface area (Å²) in [6.07, 6.45) is 0.845. The van der Waals surface area contributed by atoms with Gasteiger partial charge in [-0.2, -0.15) is 5.26 Å². The number of nitrogens with zero attached hydrogens (tertiary/aromatic N) is 2. The molecule has 0 aromatic heterocycles. The van der Waals surface area contributed by atoms with Crippen LogP contribution in [0, 0.1) is 11.3 Å². The van der Waals surface area contributed by atoms with Crippen molar-refractivity contribution in [1.29, 1.82) is 5.26 Å². The van der Waals surface area contributed by atoms with E-state index in [2.05, 4.69) is 48.2 Å². The summed E-state index contributed by atoms with van der Waals surface area (Å²) in [5, 5.41) is 12.2. The second kappa shape index (κ2) is 6.48. The van der Waals surface area contributed by atoms with Crippen molar-refractivity contribution in [2.75, 3.05) is 32.8 Å². The molecule has 2 aromatic rings. The Kier molecular flexibility index (Phi) is 4.42. The summed E-state index contributed by atoms with van der Waals surface area (Å²) in [6, 6.07) is 17.2. The van der Waals surface area contributed by atoms with Crippen LogP contribution in [0.25, 0.3) is 10.8 Å². The summed E-state index contributed by atoms with van der Waals surface area (Å²) in [6.45, 7) is 6.55. The first-order chi connectivity index (χ1) is 10.7. The van der Waals surface area contributed by atoms with Gasteiger partial charge in [0.1, 0.15) is 0 Å². The number of nitriles is 1. The van der Waals surface area contributed by atoms with Crippen molar-refractivity contribution in [2.24, 2.45) is 0 Å². The van der Waals surface area contributed by atoms with Crippen LogP contribution < -0.4 is 0 Å². The summed E-state index contributed by atoms with van der Waals surface area (Å²) < 4.78 is 5.39. The number of hydrogen-bond acceptors (Lipinski definition) is 3. The number of rotatable bonds is 4. The average molecular weight is 294 g/mol. The molecule has 1 heterocycles. The average Bonchev–Trinajstić information content (AvgIpc) is 2.60. The first-order valence-corrected chi connectivity index (χ1v) is 7.92. The second-order valence-corrected chi connectivity index (χ2v) is 6.17. The van der Waals surface area contributed by atoms with Crippen LogP contribution in [0.2, 0.25) is 0 Å². The molecule has 1 fully saturated rings. The molecule has 1 saturated heterocycles. The smallest absolute Gasteiger partial charge is 0.0812 e. The molecule has 0 radical (unpaired) electrons. The number of fused-ring (bicyclic) bond motifs is 1. The van der Waals surface area contributed by atoms with E-state index in [1.807, 2.05) is 12.1 Å². The van der Waals surface area contributed by atoms with Crippen LogP contribution in [0.3, 0.4) is 0 Å². The molecule has 0 amide bonds. The molecule has 3 heteroatoms. The van der Waals surface area contributed by atoms with Crippen LogP contribution >= 0.6 is 0 Å². The Morgan fingerprint density at radius 1 is 1.14 bits per heavy atom. The van der Waals surface area contributed by atoms with Gasteiger partial charge in [-0.15, -0.1) is 0 Å². The summed E-state index contributed by atoms with van der Waals surface area (Å²) in [5.41, 5.74) is 0.681. The molecule has 114 valence electrons. The van der Waals surface area contributed by atoms with Crippen LogP contribution in [0.15, 0.2) is 42.5 Å². The van der Waals surface area contributed by atoms with E-state index in [1.54, 1.807) is 0 Å². The van der Waals surface area contributed by atoms with Gasteiger partial charge in [-0.25, -0.2) is 0 Å². The predicted molar refractivity (Wildman–Crippen MR) is 88.8 cm³/mol. The number of ether oxygens (including phenoxy) is 1. The van der Waals surface area contributed by atoms with E-state index < -0.39 is 5.41 Å². The van der Waals surface area contributed by atoms with E-state index in [9.17, 15) is 5.26 Å². The van der Waals surface area contributed by atoms with Gasteiger partial charge in [0.2, 0.25) is 0 Å². The molecule has 0 aliphatic carbocycles. The lowest BCUT2D eigenvalue weighted by molar-refractivity contribution is 0.0358. The topological polar surface area (TPSA) is 36.3 Å². The molecular weight excluding hydrogens is 272 g/mol. The largest absolute Gasteiger partial charge is 0.379 e. The Morgan fingerprint density at radius 2 is 1.86 bits per heavy atom. The van der Waals surface area contributed by atoms with E-state index >= 15 is 0 Å². The summed E-state index contributed by atoms with van der Waals surface area (Å²) in [7, 11) is 0. The predicted octanol–water partition coefficient (Wildman–Crippen LogP) is 3.34. The first kappa shape index (κ1) is 15.0. The SMILES string of the molecule is C[C@@](C#N)(CCN1CCOCC1)c1cccc2ccccc12. The first-order valence-electron chi connectivity index (χ1n) is 7.92. The molecular formula is C19H22N2O. The van der Waals surface area contributed by atoms with Crippen LogP contribution in [-0.4, -0.2) is 37.7 Å². The lowest BCUT2D eigenvalue weighted by Crippen LogP contribution is -2.39. The van der Waals surface area contributed by atoms with Gasteiger partial charge in [-0.1, -0.05) is 42.5 Å². The zero-order chi connectivity index (χ0) is 15.4. The van der Waals surface area contributed by atoms with Crippen molar-refractivity contribution in [3.8, 4) is 6.07 Å². The Bertz CT molecular complexity index is 680. The molecule has 3 rings (SSSR count). The normalized spacial score (nSPS) is 18.7. The Hall–Kier alpha value is -1.89. The molecule has 0 N–H and O–H groups in total. The van der Waals surface area contributed by atoms with Gasteiger partial charge in [-0.05, 0) is 29.7 Å². The fourth-order valence-corrected chi connectivity index (χ4v) is 3.16. The highest BCUT2D eigenvalue weighted by molar-refractivity contribution is 5.87. The molecule has 1 aliphatic heterocycles. The third kappa shape index (κ3) is 2.99. The minimum atomic E-state index is -0.459. The van der Waals surface area contributed by atoms with Crippen LogP contribution in [-0.2, 0) is 10.2 Å². The molecule has 3 nitrogen and oxygen atoms in total. The van der Waals surface area contributed by atoms with Gasteiger partial charge < -0.3 is 4.74 Å². The maximum atomic E-state index is 9.83. The van der Waals surface area contributed by atoms with Crippen molar-refractivity contribution >= 4 is 10.8 Å². The molecule has 0 unspecified atom stereocenters. The second-order valence-electron chi connectivity index (χ2n) is 6.17. The maximum absolute atomic E-state index is 9.83. The number of benzene rings is 2. The van der Waals surface area contributed by atoms with Crippen molar-refractivity contribution in [3.05, 3.63) is 48.0 Å². The molecule has 1 atom stereocenters. The van der Waals surface area contributed by atoms with Crippen molar-refractivity contribution in [2.45, 2.75) is 18.8 Å². The Labute approximate surface area is 132 Å².